The number of nitrogens with zero attached hydrogens (tertiary/aromatic N) is 2. The summed E-state index contributed by atoms with van der Waals surface area (Å²) in [7, 11) is 4.03. The molecule has 0 amide bonds. The van der Waals surface area contributed by atoms with Crippen molar-refractivity contribution in [1.82, 2.24) is 4.90 Å². The summed E-state index contributed by atoms with van der Waals surface area (Å²) in [6.45, 7) is 4.77. The topological polar surface area (TPSA) is 6.48 Å². The van der Waals surface area contributed by atoms with Crippen LogP contribution in [0.2, 0.25) is 0 Å². The standard InChI is InChI=1S/C24H29F3N2S/c1-18(28(2)3)11-7-5-4-6-10-16-29-20-12-8-9-13-22(20)30-23-15-14-19(17-21(23)29)24(25,26)27/h8-9,12-15,17H,1,4-7,10-11,16H2,2-3H3. The summed E-state index contributed by atoms with van der Waals surface area (Å²) < 4.78 is 39.8. The fourth-order valence-corrected chi connectivity index (χ4v) is 4.68. The molecular weight excluding hydrogens is 405 g/mol. The SMILES string of the molecule is C=C(CCCCCCCN1c2ccccc2Sc2ccc(C(F)(F)F)cc21)N(C)C. The number of hydrogen-bond donors (Lipinski definition) is 0. The van der Waals surface area contributed by atoms with Gasteiger partial charge in [0.25, 0.3) is 0 Å². The Morgan fingerprint density at radius 1 is 0.933 bits per heavy atom. The molecule has 6 heteroatoms. The van der Waals surface area contributed by atoms with Crippen LogP contribution in [0.5, 0.6) is 0 Å². The van der Waals surface area contributed by atoms with Gasteiger partial charge in [-0.1, -0.05) is 49.7 Å². The molecule has 0 radical (unpaired) electrons. The third-order valence-electron chi connectivity index (χ3n) is 5.43. The average Bonchev–Trinajstić information content (AvgIpc) is 2.71. The van der Waals surface area contributed by atoms with Gasteiger partial charge in [-0.15, -0.1) is 0 Å². The van der Waals surface area contributed by atoms with Crippen LogP contribution in [-0.2, 0) is 6.18 Å². The summed E-state index contributed by atoms with van der Waals surface area (Å²) in [6, 6.07) is 12.0. The minimum Gasteiger partial charge on any atom is -0.381 e. The fraction of sp³-hybridized carbons (Fsp3) is 0.417. The third kappa shape index (κ3) is 5.54. The van der Waals surface area contributed by atoms with Gasteiger partial charge in [0.1, 0.15) is 0 Å². The van der Waals surface area contributed by atoms with E-state index in [0.717, 1.165) is 66.2 Å². The second kappa shape index (κ2) is 9.82. The first kappa shape index (κ1) is 22.6. The van der Waals surface area contributed by atoms with Crippen LogP contribution in [-0.4, -0.2) is 25.5 Å². The molecule has 1 aliphatic rings. The van der Waals surface area contributed by atoms with E-state index in [1.165, 1.54) is 23.9 Å². The van der Waals surface area contributed by atoms with Gasteiger partial charge >= 0.3 is 6.18 Å². The van der Waals surface area contributed by atoms with E-state index in [1.54, 1.807) is 6.07 Å². The van der Waals surface area contributed by atoms with Crippen LogP contribution in [0.25, 0.3) is 0 Å². The van der Waals surface area contributed by atoms with Gasteiger partial charge in [0, 0.05) is 36.1 Å². The molecule has 3 rings (SSSR count). The number of rotatable bonds is 9. The highest BCUT2D eigenvalue weighted by atomic mass is 32.2. The van der Waals surface area contributed by atoms with Crippen molar-refractivity contribution < 1.29 is 13.2 Å². The van der Waals surface area contributed by atoms with Crippen LogP contribution < -0.4 is 4.90 Å². The number of alkyl halides is 3. The first-order chi connectivity index (χ1) is 14.3. The van der Waals surface area contributed by atoms with Crippen LogP contribution >= 0.6 is 11.8 Å². The van der Waals surface area contributed by atoms with Crippen molar-refractivity contribution >= 4 is 23.1 Å². The summed E-state index contributed by atoms with van der Waals surface area (Å²) >= 11 is 1.54. The number of anilines is 2. The number of hydrogen-bond acceptors (Lipinski definition) is 3. The molecule has 0 saturated heterocycles. The van der Waals surface area contributed by atoms with Gasteiger partial charge < -0.3 is 9.80 Å². The van der Waals surface area contributed by atoms with Gasteiger partial charge in [-0.3, -0.25) is 0 Å². The van der Waals surface area contributed by atoms with E-state index in [1.807, 2.05) is 38.4 Å². The smallest absolute Gasteiger partial charge is 0.381 e. The van der Waals surface area contributed by atoms with E-state index in [-0.39, 0.29) is 0 Å². The first-order valence-electron chi connectivity index (χ1n) is 10.4. The van der Waals surface area contributed by atoms with Crippen LogP contribution in [0.3, 0.4) is 0 Å². The first-order valence-corrected chi connectivity index (χ1v) is 11.2. The quantitative estimate of drug-likeness (QED) is 0.373. The van der Waals surface area contributed by atoms with Gasteiger partial charge in [-0.2, -0.15) is 13.2 Å². The summed E-state index contributed by atoms with van der Waals surface area (Å²) in [6.07, 6.45) is 2.08. The number of allylic oxidation sites excluding steroid dienone is 1. The molecule has 0 N–H and O–H groups in total. The molecule has 0 spiro atoms. The average molecular weight is 435 g/mol. The summed E-state index contributed by atoms with van der Waals surface area (Å²) in [5.41, 5.74) is 2.22. The molecule has 162 valence electrons. The normalized spacial score (nSPS) is 13.0. The van der Waals surface area contributed by atoms with E-state index in [9.17, 15) is 13.2 Å². The van der Waals surface area contributed by atoms with Crippen molar-refractivity contribution in [3.05, 3.63) is 60.3 Å². The van der Waals surface area contributed by atoms with Crippen molar-refractivity contribution in [2.75, 3.05) is 25.5 Å². The van der Waals surface area contributed by atoms with Crippen molar-refractivity contribution in [3.63, 3.8) is 0 Å². The number of fused-ring (bicyclic) bond motifs is 2. The molecule has 2 nitrogen and oxygen atoms in total. The molecule has 0 fully saturated rings. The molecule has 0 bridgehead atoms. The number of halogens is 3. The second-order valence-electron chi connectivity index (χ2n) is 7.88. The molecule has 2 aromatic carbocycles. The largest absolute Gasteiger partial charge is 0.416 e. The molecule has 0 saturated carbocycles. The van der Waals surface area contributed by atoms with Crippen LogP contribution in [0, 0.1) is 0 Å². The summed E-state index contributed by atoms with van der Waals surface area (Å²) in [4.78, 5) is 6.08. The lowest BCUT2D eigenvalue weighted by molar-refractivity contribution is -0.137. The minimum atomic E-state index is -4.33. The molecule has 0 aromatic heterocycles. The Morgan fingerprint density at radius 3 is 2.33 bits per heavy atom. The lowest BCUT2D eigenvalue weighted by Crippen LogP contribution is -2.22. The Labute approximate surface area is 181 Å². The zero-order valence-electron chi connectivity index (χ0n) is 17.6. The fourth-order valence-electron chi connectivity index (χ4n) is 3.60. The van der Waals surface area contributed by atoms with Crippen LogP contribution in [0.1, 0.15) is 44.1 Å². The van der Waals surface area contributed by atoms with Gasteiger partial charge in [0.2, 0.25) is 0 Å². The van der Waals surface area contributed by atoms with E-state index in [2.05, 4.69) is 16.4 Å². The zero-order valence-corrected chi connectivity index (χ0v) is 18.5. The van der Waals surface area contributed by atoms with Crippen LogP contribution in [0.4, 0.5) is 24.5 Å². The predicted molar refractivity (Wildman–Crippen MR) is 120 cm³/mol. The molecule has 2 aromatic rings. The Hall–Kier alpha value is -2.08. The van der Waals surface area contributed by atoms with E-state index >= 15 is 0 Å². The highest BCUT2D eigenvalue weighted by Gasteiger charge is 2.33. The zero-order chi connectivity index (χ0) is 21.7. The summed E-state index contributed by atoms with van der Waals surface area (Å²) in [5, 5.41) is 0. The van der Waals surface area contributed by atoms with Gasteiger partial charge in [0.15, 0.2) is 0 Å². The Morgan fingerprint density at radius 2 is 1.60 bits per heavy atom. The van der Waals surface area contributed by atoms with Crippen molar-refractivity contribution in [1.29, 1.82) is 0 Å². The Bertz CT molecular complexity index is 877. The second-order valence-corrected chi connectivity index (χ2v) is 8.96. The molecule has 1 aliphatic heterocycles. The maximum Gasteiger partial charge on any atom is 0.416 e. The number of benzene rings is 2. The van der Waals surface area contributed by atoms with Crippen molar-refractivity contribution in [3.8, 4) is 0 Å². The highest BCUT2D eigenvalue weighted by molar-refractivity contribution is 7.99. The maximum atomic E-state index is 13.3. The third-order valence-corrected chi connectivity index (χ3v) is 6.56. The van der Waals surface area contributed by atoms with Gasteiger partial charge in [-0.25, -0.2) is 0 Å². The maximum absolute atomic E-state index is 13.3. The predicted octanol–water partition coefficient (Wildman–Crippen LogP) is 7.72. The van der Waals surface area contributed by atoms with Crippen LogP contribution in [0.15, 0.2) is 64.5 Å². The molecule has 0 unspecified atom stereocenters. The lowest BCUT2D eigenvalue weighted by Gasteiger charge is -2.33. The molecule has 0 atom stereocenters. The van der Waals surface area contributed by atoms with Crippen molar-refractivity contribution in [2.45, 2.75) is 54.5 Å². The monoisotopic (exact) mass is 434 g/mol. The Kier molecular flexibility index (Phi) is 7.40. The number of unbranched alkanes of at least 4 members (excludes halogenated alkanes) is 4. The highest BCUT2D eigenvalue weighted by Crippen LogP contribution is 2.49. The van der Waals surface area contributed by atoms with E-state index in [0.29, 0.717) is 5.69 Å². The van der Waals surface area contributed by atoms with E-state index < -0.39 is 11.7 Å². The molecule has 1 heterocycles. The van der Waals surface area contributed by atoms with Gasteiger partial charge in [-0.05, 0) is 49.6 Å². The molecule has 0 aliphatic carbocycles. The number of para-hydroxylation sites is 1. The molecule has 30 heavy (non-hydrogen) atoms. The van der Waals surface area contributed by atoms with Crippen molar-refractivity contribution in [2.24, 2.45) is 0 Å². The Balaban J connectivity index is 1.63. The lowest BCUT2D eigenvalue weighted by atomic mass is 10.1. The van der Waals surface area contributed by atoms with Gasteiger partial charge in [0.05, 0.1) is 16.9 Å². The van der Waals surface area contributed by atoms with E-state index in [4.69, 9.17) is 0 Å². The summed E-state index contributed by atoms with van der Waals surface area (Å²) in [5.74, 6) is 0. The minimum absolute atomic E-state index is 0.590. The molecular formula is C24H29F3N2S.